The molecule has 0 unspecified atom stereocenters. The molecule has 0 heterocycles. The monoisotopic (exact) mass is 239 g/mol. The summed E-state index contributed by atoms with van der Waals surface area (Å²) in [5.74, 6) is 0. The summed E-state index contributed by atoms with van der Waals surface area (Å²) in [6.45, 7) is 3.12. The molecule has 0 aliphatic rings. The molecular weight excluding hydrogens is 206 g/mol. The Bertz CT molecular complexity index is 152. The molecule has 0 saturated carbocycles. The van der Waals surface area contributed by atoms with Crippen molar-refractivity contribution in [1.82, 2.24) is 0 Å². The standard InChI is InChI=1S/C16H33N/c1-2-3-4-5-6-7-8-9-10-11-12-13-14-15-16-17/h11-12H,2-10,13-17H2,1H3/b12-11+. The molecule has 0 saturated heterocycles. The van der Waals surface area contributed by atoms with Crippen molar-refractivity contribution < 1.29 is 0 Å². The highest BCUT2D eigenvalue weighted by Gasteiger charge is 1.90. The minimum Gasteiger partial charge on any atom is -0.330 e. The van der Waals surface area contributed by atoms with Gasteiger partial charge in [0.25, 0.3) is 0 Å². The molecule has 0 spiro atoms. The zero-order valence-electron chi connectivity index (χ0n) is 11.9. The minimum absolute atomic E-state index is 0.839. The molecule has 0 fully saturated rings. The molecule has 0 aromatic rings. The van der Waals surface area contributed by atoms with Crippen molar-refractivity contribution in [2.24, 2.45) is 5.73 Å². The lowest BCUT2D eigenvalue weighted by Crippen LogP contribution is -1.96. The van der Waals surface area contributed by atoms with E-state index in [2.05, 4.69) is 19.1 Å². The number of hydrogen-bond donors (Lipinski definition) is 1. The van der Waals surface area contributed by atoms with E-state index < -0.39 is 0 Å². The molecule has 0 aromatic carbocycles. The Balaban J connectivity index is 2.97. The molecule has 102 valence electrons. The highest BCUT2D eigenvalue weighted by atomic mass is 14.5. The van der Waals surface area contributed by atoms with Gasteiger partial charge in [-0.15, -0.1) is 0 Å². The lowest BCUT2D eigenvalue weighted by molar-refractivity contribution is 0.577. The molecule has 17 heavy (non-hydrogen) atoms. The molecule has 2 N–H and O–H groups in total. The van der Waals surface area contributed by atoms with Crippen LogP contribution in [0.3, 0.4) is 0 Å². The van der Waals surface area contributed by atoms with Gasteiger partial charge in [-0.05, 0) is 38.6 Å². The Morgan fingerprint density at radius 3 is 1.65 bits per heavy atom. The van der Waals surface area contributed by atoms with E-state index in [9.17, 15) is 0 Å². The molecule has 0 atom stereocenters. The van der Waals surface area contributed by atoms with E-state index in [0.717, 1.165) is 6.54 Å². The van der Waals surface area contributed by atoms with Crippen LogP contribution in [0.25, 0.3) is 0 Å². The molecule has 0 aromatic heterocycles. The molecule has 0 aliphatic heterocycles. The fourth-order valence-corrected chi connectivity index (χ4v) is 2.04. The number of hydrogen-bond acceptors (Lipinski definition) is 1. The maximum Gasteiger partial charge on any atom is -0.00772 e. The van der Waals surface area contributed by atoms with Gasteiger partial charge in [0, 0.05) is 0 Å². The van der Waals surface area contributed by atoms with E-state index >= 15 is 0 Å². The fourth-order valence-electron chi connectivity index (χ4n) is 2.04. The van der Waals surface area contributed by atoms with E-state index in [1.807, 2.05) is 0 Å². The fraction of sp³-hybridized carbons (Fsp3) is 0.875. The summed E-state index contributed by atoms with van der Waals surface area (Å²) in [5, 5.41) is 0. The second-order valence-corrected chi connectivity index (χ2v) is 5.02. The van der Waals surface area contributed by atoms with E-state index in [1.165, 1.54) is 77.0 Å². The summed E-state index contributed by atoms with van der Waals surface area (Å²) in [5.41, 5.74) is 5.44. The van der Waals surface area contributed by atoms with E-state index in [0.29, 0.717) is 0 Å². The van der Waals surface area contributed by atoms with Crippen molar-refractivity contribution in [3.05, 3.63) is 12.2 Å². The lowest BCUT2D eigenvalue weighted by atomic mass is 10.1. The maximum atomic E-state index is 5.44. The van der Waals surface area contributed by atoms with Crippen LogP contribution in [0.1, 0.15) is 84.0 Å². The molecule has 0 aliphatic carbocycles. The van der Waals surface area contributed by atoms with Crippen molar-refractivity contribution in [3.63, 3.8) is 0 Å². The SMILES string of the molecule is CCCCCCCCCC/C=C/CCCCN. The minimum atomic E-state index is 0.839. The second kappa shape index (κ2) is 15.7. The lowest BCUT2D eigenvalue weighted by Gasteiger charge is -1.99. The molecule has 1 nitrogen and oxygen atoms in total. The van der Waals surface area contributed by atoms with Crippen LogP contribution in [0.15, 0.2) is 12.2 Å². The molecule has 0 radical (unpaired) electrons. The maximum absolute atomic E-state index is 5.44. The topological polar surface area (TPSA) is 26.0 Å². The Morgan fingerprint density at radius 1 is 0.647 bits per heavy atom. The second-order valence-electron chi connectivity index (χ2n) is 5.02. The summed E-state index contributed by atoms with van der Waals surface area (Å²) >= 11 is 0. The summed E-state index contributed by atoms with van der Waals surface area (Å²) in [6.07, 6.45) is 20.9. The third-order valence-electron chi connectivity index (χ3n) is 3.22. The van der Waals surface area contributed by atoms with Crippen LogP contribution in [0.5, 0.6) is 0 Å². The Labute approximate surface area is 109 Å². The molecule has 0 rings (SSSR count). The number of unbranched alkanes of at least 4 members (excludes halogenated alkanes) is 10. The van der Waals surface area contributed by atoms with Gasteiger partial charge in [0.2, 0.25) is 0 Å². The predicted octanol–water partition coefficient (Wildman–Crippen LogP) is 5.20. The van der Waals surface area contributed by atoms with Crippen molar-refractivity contribution in [3.8, 4) is 0 Å². The van der Waals surface area contributed by atoms with Crippen molar-refractivity contribution in [1.29, 1.82) is 0 Å². The van der Waals surface area contributed by atoms with Crippen LogP contribution >= 0.6 is 0 Å². The summed E-state index contributed by atoms with van der Waals surface area (Å²) in [6, 6.07) is 0. The van der Waals surface area contributed by atoms with Crippen molar-refractivity contribution in [2.45, 2.75) is 84.0 Å². The third-order valence-corrected chi connectivity index (χ3v) is 3.22. The zero-order valence-corrected chi connectivity index (χ0v) is 11.9. The summed E-state index contributed by atoms with van der Waals surface area (Å²) in [7, 11) is 0. The van der Waals surface area contributed by atoms with E-state index in [1.54, 1.807) is 0 Å². The van der Waals surface area contributed by atoms with Gasteiger partial charge in [0.1, 0.15) is 0 Å². The van der Waals surface area contributed by atoms with Gasteiger partial charge in [0.15, 0.2) is 0 Å². The van der Waals surface area contributed by atoms with E-state index in [-0.39, 0.29) is 0 Å². The number of rotatable bonds is 13. The van der Waals surface area contributed by atoms with Gasteiger partial charge in [-0.2, -0.15) is 0 Å². The number of allylic oxidation sites excluding steroid dienone is 2. The normalized spacial score (nSPS) is 11.4. The highest BCUT2D eigenvalue weighted by molar-refractivity contribution is 4.81. The first-order valence-corrected chi connectivity index (χ1v) is 7.77. The first-order valence-electron chi connectivity index (χ1n) is 7.77. The first-order chi connectivity index (χ1) is 8.41. The average molecular weight is 239 g/mol. The van der Waals surface area contributed by atoms with Crippen LogP contribution < -0.4 is 5.73 Å². The first kappa shape index (κ1) is 16.7. The van der Waals surface area contributed by atoms with Gasteiger partial charge >= 0.3 is 0 Å². The summed E-state index contributed by atoms with van der Waals surface area (Å²) in [4.78, 5) is 0. The van der Waals surface area contributed by atoms with Gasteiger partial charge in [-0.1, -0.05) is 64.0 Å². The number of nitrogens with two attached hydrogens (primary N) is 1. The zero-order chi connectivity index (χ0) is 12.6. The van der Waals surface area contributed by atoms with Crippen LogP contribution in [-0.2, 0) is 0 Å². The summed E-state index contributed by atoms with van der Waals surface area (Å²) < 4.78 is 0. The van der Waals surface area contributed by atoms with Gasteiger partial charge < -0.3 is 5.73 Å². The quantitative estimate of drug-likeness (QED) is 0.347. The molecule has 0 bridgehead atoms. The predicted molar refractivity (Wildman–Crippen MR) is 79.3 cm³/mol. The van der Waals surface area contributed by atoms with Gasteiger partial charge in [0.05, 0.1) is 0 Å². The molecular formula is C16H33N. The van der Waals surface area contributed by atoms with Crippen molar-refractivity contribution in [2.75, 3.05) is 6.54 Å². The van der Waals surface area contributed by atoms with Crippen LogP contribution in [-0.4, -0.2) is 6.54 Å². The third kappa shape index (κ3) is 15.7. The van der Waals surface area contributed by atoms with Crippen LogP contribution in [0, 0.1) is 0 Å². The molecule has 0 amide bonds. The Morgan fingerprint density at radius 2 is 1.12 bits per heavy atom. The Kier molecular flexibility index (Phi) is 15.4. The van der Waals surface area contributed by atoms with E-state index in [4.69, 9.17) is 5.73 Å². The van der Waals surface area contributed by atoms with Gasteiger partial charge in [-0.25, -0.2) is 0 Å². The smallest absolute Gasteiger partial charge is 0.00772 e. The average Bonchev–Trinajstić information content (AvgIpc) is 2.35. The molecule has 1 heteroatoms. The van der Waals surface area contributed by atoms with Crippen LogP contribution in [0.2, 0.25) is 0 Å². The van der Waals surface area contributed by atoms with Crippen molar-refractivity contribution >= 4 is 0 Å². The highest BCUT2D eigenvalue weighted by Crippen LogP contribution is 2.09. The Hall–Kier alpha value is -0.300. The van der Waals surface area contributed by atoms with Crippen LogP contribution in [0.4, 0.5) is 0 Å². The largest absolute Gasteiger partial charge is 0.330 e. The van der Waals surface area contributed by atoms with Gasteiger partial charge in [-0.3, -0.25) is 0 Å².